The van der Waals surface area contributed by atoms with E-state index in [2.05, 4.69) is 22.0 Å². The standard InChI is InChI=1S/C20H30N4O3/c1-20(2,3)27-19(26)24-10-6-16(7-11-24)18(25)23-14-12-22(13-15-23)17-4-8-21-9-5-17/h4-5,8-9,16H,6-7,10-15H2,1-3H3/p+1. The molecule has 0 aromatic carbocycles. The van der Waals surface area contributed by atoms with Crippen molar-refractivity contribution in [3.63, 3.8) is 0 Å². The molecule has 0 unspecified atom stereocenters. The van der Waals surface area contributed by atoms with Crippen molar-refractivity contribution in [3.05, 3.63) is 24.5 Å². The van der Waals surface area contributed by atoms with E-state index < -0.39 is 5.60 Å². The van der Waals surface area contributed by atoms with Gasteiger partial charge in [-0.05, 0) is 33.6 Å². The van der Waals surface area contributed by atoms with E-state index >= 15 is 0 Å². The minimum Gasteiger partial charge on any atom is -0.444 e. The first-order valence-electron chi connectivity index (χ1n) is 9.81. The Morgan fingerprint density at radius 2 is 1.56 bits per heavy atom. The van der Waals surface area contributed by atoms with E-state index in [9.17, 15) is 9.59 Å². The van der Waals surface area contributed by atoms with Crippen LogP contribution in [0.25, 0.3) is 0 Å². The summed E-state index contributed by atoms with van der Waals surface area (Å²) >= 11 is 0. The van der Waals surface area contributed by atoms with Gasteiger partial charge in [0, 0.05) is 63.0 Å². The Kier molecular flexibility index (Phi) is 5.87. The van der Waals surface area contributed by atoms with Gasteiger partial charge in [-0.25, -0.2) is 9.78 Å². The van der Waals surface area contributed by atoms with Gasteiger partial charge in [-0.1, -0.05) is 0 Å². The predicted molar refractivity (Wildman–Crippen MR) is 102 cm³/mol. The van der Waals surface area contributed by atoms with Gasteiger partial charge in [-0.2, -0.15) is 0 Å². The molecule has 0 saturated carbocycles. The number of amides is 2. The van der Waals surface area contributed by atoms with Crippen molar-refractivity contribution >= 4 is 17.7 Å². The van der Waals surface area contributed by atoms with Gasteiger partial charge < -0.3 is 19.4 Å². The first-order valence-corrected chi connectivity index (χ1v) is 9.81. The molecule has 7 heteroatoms. The number of H-pyrrole nitrogens is 1. The third-order valence-electron chi connectivity index (χ3n) is 5.15. The molecule has 2 saturated heterocycles. The highest BCUT2D eigenvalue weighted by atomic mass is 16.6. The molecule has 1 aromatic rings. The third-order valence-corrected chi connectivity index (χ3v) is 5.15. The van der Waals surface area contributed by atoms with Crippen LogP contribution in [0, 0.1) is 5.92 Å². The number of aromatic amines is 1. The van der Waals surface area contributed by atoms with Crippen molar-refractivity contribution in [1.82, 2.24) is 9.80 Å². The van der Waals surface area contributed by atoms with Crippen LogP contribution in [-0.2, 0) is 9.53 Å². The number of hydrogen-bond acceptors (Lipinski definition) is 4. The summed E-state index contributed by atoms with van der Waals surface area (Å²) in [5.74, 6) is 0.251. The molecule has 148 valence electrons. The van der Waals surface area contributed by atoms with Crippen LogP contribution in [0.1, 0.15) is 33.6 Å². The summed E-state index contributed by atoms with van der Waals surface area (Å²) in [4.78, 5) is 34.1. The van der Waals surface area contributed by atoms with Crippen molar-refractivity contribution in [3.8, 4) is 0 Å². The zero-order valence-electron chi connectivity index (χ0n) is 16.6. The topological polar surface area (TPSA) is 67.2 Å². The Morgan fingerprint density at radius 1 is 0.963 bits per heavy atom. The number of carbonyl (C=O) groups is 2. The van der Waals surface area contributed by atoms with Gasteiger partial charge in [-0.3, -0.25) is 4.79 Å². The fourth-order valence-electron chi connectivity index (χ4n) is 3.67. The highest BCUT2D eigenvalue weighted by Gasteiger charge is 2.33. The average molecular weight is 375 g/mol. The number of pyridine rings is 1. The minimum absolute atomic E-state index is 0.0153. The second-order valence-corrected chi connectivity index (χ2v) is 8.31. The Labute approximate surface area is 161 Å². The monoisotopic (exact) mass is 375 g/mol. The van der Waals surface area contributed by atoms with Gasteiger partial charge in [0.05, 0.1) is 0 Å². The quantitative estimate of drug-likeness (QED) is 0.790. The van der Waals surface area contributed by atoms with E-state index in [-0.39, 0.29) is 17.9 Å². The minimum atomic E-state index is -0.486. The molecule has 0 aliphatic carbocycles. The number of piperidine rings is 1. The molecule has 1 aromatic heterocycles. The van der Waals surface area contributed by atoms with Crippen molar-refractivity contribution < 1.29 is 19.3 Å². The normalized spacial score (nSPS) is 19.1. The molecule has 3 heterocycles. The first-order chi connectivity index (χ1) is 12.8. The molecule has 2 fully saturated rings. The number of carbonyl (C=O) groups excluding carboxylic acids is 2. The van der Waals surface area contributed by atoms with Crippen molar-refractivity contribution in [2.45, 2.75) is 39.2 Å². The van der Waals surface area contributed by atoms with Crippen LogP contribution in [0.3, 0.4) is 0 Å². The molecule has 2 aliphatic heterocycles. The molecule has 7 nitrogen and oxygen atoms in total. The predicted octanol–water partition coefficient (Wildman–Crippen LogP) is 1.80. The molecule has 2 amide bonds. The lowest BCUT2D eigenvalue weighted by Crippen LogP contribution is -2.52. The van der Waals surface area contributed by atoms with Gasteiger partial charge in [-0.15, -0.1) is 0 Å². The van der Waals surface area contributed by atoms with Crippen LogP contribution in [-0.4, -0.2) is 66.7 Å². The fraction of sp³-hybridized carbons (Fsp3) is 0.650. The van der Waals surface area contributed by atoms with Crippen LogP contribution in [0.5, 0.6) is 0 Å². The summed E-state index contributed by atoms with van der Waals surface area (Å²) in [6.45, 7) is 10.0. The summed E-state index contributed by atoms with van der Waals surface area (Å²) in [6, 6.07) is 4.12. The second kappa shape index (κ2) is 8.15. The molecule has 0 spiro atoms. The zero-order chi connectivity index (χ0) is 19.4. The van der Waals surface area contributed by atoms with E-state index in [1.54, 1.807) is 4.90 Å². The number of nitrogens with one attached hydrogen (secondary N) is 1. The van der Waals surface area contributed by atoms with Crippen LogP contribution in [0.15, 0.2) is 24.5 Å². The first kappa shape index (κ1) is 19.5. The number of anilines is 1. The van der Waals surface area contributed by atoms with E-state index in [0.717, 1.165) is 26.2 Å². The van der Waals surface area contributed by atoms with E-state index in [0.29, 0.717) is 25.9 Å². The molecule has 1 N–H and O–H groups in total. The van der Waals surface area contributed by atoms with Crippen LogP contribution >= 0.6 is 0 Å². The fourth-order valence-corrected chi connectivity index (χ4v) is 3.67. The van der Waals surface area contributed by atoms with Gasteiger partial charge in [0.2, 0.25) is 5.91 Å². The van der Waals surface area contributed by atoms with Crippen molar-refractivity contribution in [2.75, 3.05) is 44.2 Å². The maximum atomic E-state index is 12.9. The summed E-state index contributed by atoms with van der Waals surface area (Å²) in [7, 11) is 0. The molecule has 27 heavy (non-hydrogen) atoms. The largest absolute Gasteiger partial charge is 0.444 e. The molecular formula is C20H31N4O3+. The maximum Gasteiger partial charge on any atom is 0.410 e. The molecule has 0 radical (unpaired) electrons. The number of piperazine rings is 1. The van der Waals surface area contributed by atoms with Gasteiger partial charge in [0.1, 0.15) is 5.60 Å². The van der Waals surface area contributed by atoms with Gasteiger partial charge >= 0.3 is 6.09 Å². The number of rotatable bonds is 2. The molecule has 0 bridgehead atoms. The number of nitrogens with zero attached hydrogens (tertiary/aromatic N) is 3. The third kappa shape index (κ3) is 5.11. The summed E-state index contributed by atoms with van der Waals surface area (Å²) in [5, 5.41) is 0. The van der Waals surface area contributed by atoms with Gasteiger partial charge in [0.15, 0.2) is 12.4 Å². The number of likely N-dealkylation sites (tertiary alicyclic amines) is 1. The van der Waals surface area contributed by atoms with Crippen LogP contribution < -0.4 is 9.88 Å². The van der Waals surface area contributed by atoms with Gasteiger partial charge in [0.25, 0.3) is 0 Å². The Balaban J connectivity index is 1.45. The Hall–Kier alpha value is -2.31. The lowest BCUT2D eigenvalue weighted by Gasteiger charge is -2.39. The molecular weight excluding hydrogens is 344 g/mol. The smallest absolute Gasteiger partial charge is 0.410 e. The number of ether oxygens (including phenoxy) is 1. The molecule has 3 rings (SSSR count). The van der Waals surface area contributed by atoms with Crippen LogP contribution in [0.2, 0.25) is 0 Å². The number of aromatic nitrogens is 1. The summed E-state index contributed by atoms with van der Waals surface area (Å²) in [5.41, 5.74) is 0.701. The van der Waals surface area contributed by atoms with E-state index in [1.165, 1.54) is 5.69 Å². The van der Waals surface area contributed by atoms with Crippen molar-refractivity contribution in [1.29, 1.82) is 0 Å². The van der Waals surface area contributed by atoms with Crippen LogP contribution in [0.4, 0.5) is 10.5 Å². The average Bonchev–Trinajstić information content (AvgIpc) is 2.67. The summed E-state index contributed by atoms with van der Waals surface area (Å²) in [6.07, 6.45) is 5.00. The maximum absolute atomic E-state index is 12.9. The lowest BCUT2D eigenvalue weighted by atomic mass is 9.95. The molecule has 2 aliphatic rings. The highest BCUT2D eigenvalue weighted by molar-refractivity contribution is 5.79. The Bertz CT molecular complexity index is 643. The highest BCUT2D eigenvalue weighted by Crippen LogP contribution is 2.23. The second-order valence-electron chi connectivity index (χ2n) is 8.31. The summed E-state index contributed by atoms with van der Waals surface area (Å²) < 4.78 is 5.43. The van der Waals surface area contributed by atoms with E-state index in [4.69, 9.17) is 4.74 Å². The van der Waals surface area contributed by atoms with E-state index in [1.807, 2.05) is 38.1 Å². The van der Waals surface area contributed by atoms with Crippen molar-refractivity contribution in [2.24, 2.45) is 5.92 Å². The lowest BCUT2D eigenvalue weighted by molar-refractivity contribution is -0.377. The molecule has 0 atom stereocenters. The number of hydrogen-bond donors (Lipinski definition) is 0. The SMILES string of the molecule is CC(C)(C)OC(=O)N1CCC(C(=O)N2CCN(c3cc[nH+]cc3)CC2)CC1. The Morgan fingerprint density at radius 3 is 2.11 bits per heavy atom. The zero-order valence-corrected chi connectivity index (χ0v) is 16.6.